The normalized spacial score (nSPS) is 11.9. The summed E-state index contributed by atoms with van der Waals surface area (Å²) in [6.07, 6.45) is -4.72. The van der Waals surface area contributed by atoms with Crippen LogP contribution in [-0.2, 0) is 27.4 Å². The molecule has 0 aliphatic heterocycles. The van der Waals surface area contributed by atoms with E-state index in [1.165, 1.54) is 12.1 Å². The lowest BCUT2D eigenvalue weighted by atomic mass is 10.1. The maximum atomic E-state index is 13.4. The zero-order valence-electron chi connectivity index (χ0n) is 15.4. The minimum absolute atomic E-state index is 0.422. The second kappa shape index (κ2) is 8.30. The van der Waals surface area contributed by atoms with Crippen LogP contribution in [0.1, 0.15) is 5.56 Å². The minimum atomic E-state index is -4.72. The molecule has 1 heterocycles. The molecule has 0 aliphatic rings. The molecular formula is C19H13F4N3O4S. The van der Waals surface area contributed by atoms with Gasteiger partial charge in [0.15, 0.2) is 5.03 Å². The molecule has 0 saturated carbocycles. The number of alkyl halides is 3. The summed E-state index contributed by atoms with van der Waals surface area (Å²) in [5.74, 6) is -1.84. The number of hydrogen-bond acceptors (Lipinski definition) is 5. The van der Waals surface area contributed by atoms with Crippen LogP contribution in [0.5, 0.6) is 0 Å². The second-order valence-corrected chi connectivity index (χ2v) is 8.12. The average molecular weight is 455 g/mol. The van der Waals surface area contributed by atoms with Gasteiger partial charge in [0.05, 0.1) is 16.1 Å². The molecule has 3 rings (SSSR count). The first-order valence-electron chi connectivity index (χ1n) is 8.53. The van der Waals surface area contributed by atoms with Gasteiger partial charge in [-0.3, -0.25) is 9.59 Å². The van der Waals surface area contributed by atoms with E-state index < -0.39 is 61.0 Å². The van der Waals surface area contributed by atoms with E-state index in [2.05, 4.69) is 5.10 Å². The molecular weight excluding hydrogens is 442 g/mol. The molecule has 1 amide bonds. The van der Waals surface area contributed by atoms with Gasteiger partial charge in [0.25, 0.3) is 5.56 Å². The van der Waals surface area contributed by atoms with Gasteiger partial charge in [-0.05, 0) is 36.4 Å². The summed E-state index contributed by atoms with van der Waals surface area (Å²) < 4.78 is 78.2. The van der Waals surface area contributed by atoms with Gasteiger partial charge in [0, 0.05) is 6.07 Å². The maximum Gasteiger partial charge on any atom is 0.418 e. The Morgan fingerprint density at radius 2 is 1.74 bits per heavy atom. The van der Waals surface area contributed by atoms with Crippen LogP contribution in [0.15, 0.2) is 75.4 Å². The first kappa shape index (κ1) is 22.2. The molecule has 0 unspecified atom stereocenters. The highest BCUT2D eigenvalue weighted by molar-refractivity contribution is 7.91. The number of carbonyl (C=O) groups excluding carboxylic acids is 1. The molecule has 0 spiro atoms. The fourth-order valence-electron chi connectivity index (χ4n) is 2.61. The molecule has 0 bridgehead atoms. The molecule has 3 aromatic rings. The SMILES string of the molecule is O=C(Cn1nc(S(=O)(=O)c2cccc(F)c2)ccc1=O)Nc1ccccc1C(F)(F)F. The third kappa shape index (κ3) is 4.97. The summed E-state index contributed by atoms with van der Waals surface area (Å²) in [5.41, 5.74) is -2.49. The molecule has 0 atom stereocenters. The number of nitrogens with zero attached hydrogens (tertiary/aromatic N) is 2. The summed E-state index contributed by atoms with van der Waals surface area (Å²) in [5, 5.41) is 5.01. The van der Waals surface area contributed by atoms with Crippen molar-refractivity contribution in [1.29, 1.82) is 0 Å². The fourth-order valence-corrected chi connectivity index (χ4v) is 3.83. The average Bonchev–Trinajstić information content (AvgIpc) is 2.69. The van der Waals surface area contributed by atoms with Crippen LogP contribution in [-0.4, -0.2) is 24.1 Å². The van der Waals surface area contributed by atoms with E-state index in [4.69, 9.17) is 0 Å². The van der Waals surface area contributed by atoms with Crippen LogP contribution in [0, 0.1) is 5.82 Å². The van der Waals surface area contributed by atoms with E-state index >= 15 is 0 Å². The number of anilines is 1. The van der Waals surface area contributed by atoms with Crippen LogP contribution < -0.4 is 10.9 Å². The van der Waals surface area contributed by atoms with Crippen LogP contribution in [0.25, 0.3) is 0 Å². The molecule has 162 valence electrons. The molecule has 0 fully saturated rings. The van der Waals surface area contributed by atoms with Crippen LogP contribution in [0.3, 0.4) is 0 Å². The standard InChI is InChI=1S/C19H13F4N3O4S/c20-12-4-3-5-13(10-12)31(29,30)17-8-9-18(28)26(25-17)11-16(27)24-15-7-2-1-6-14(15)19(21,22)23/h1-10H,11H2,(H,24,27). The summed E-state index contributed by atoms with van der Waals surface area (Å²) in [6, 6.07) is 10.0. The fraction of sp³-hybridized carbons (Fsp3) is 0.105. The van der Waals surface area contributed by atoms with Crippen molar-refractivity contribution in [2.45, 2.75) is 22.6 Å². The number of para-hydroxylation sites is 1. The number of benzene rings is 2. The van der Waals surface area contributed by atoms with Gasteiger partial charge >= 0.3 is 6.18 Å². The molecule has 7 nitrogen and oxygen atoms in total. The number of halogens is 4. The van der Waals surface area contributed by atoms with E-state index in [-0.39, 0.29) is 0 Å². The monoisotopic (exact) mass is 455 g/mol. The number of amides is 1. The lowest BCUT2D eigenvalue weighted by Gasteiger charge is -2.14. The highest BCUT2D eigenvalue weighted by atomic mass is 32.2. The molecule has 31 heavy (non-hydrogen) atoms. The van der Waals surface area contributed by atoms with Crippen molar-refractivity contribution >= 4 is 21.4 Å². The van der Waals surface area contributed by atoms with Crippen LogP contribution in [0.4, 0.5) is 23.2 Å². The van der Waals surface area contributed by atoms with Crippen LogP contribution >= 0.6 is 0 Å². The Labute approximate surface area is 172 Å². The van der Waals surface area contributed by atoms with E-state index in [1.54, 1.807) is 0 Å². The van der Waals surface area contributed by atoms with E-state index in [9.17, 15) is 35.6 Å². The lowest BCUT2D eigenvalue weighted by molar-refractivity contribution is -0.137. The summed E-state index contributed by atoms with van der Waals surface area (Å²) >= 11 is 0. The van der Waals surface area contributed by atoms with Crippen molar-refractivity contribution in [2.24, 2.45) is 0 Å². The zero-order valence-corrected chi connectivity index (χ0v) is 16.2. The Bertz CT molecular complexity index is 1300. The largest absolute Gasteiger partial charge is 0.418 e. The lowest BCUT2D eigenvalue weighted by Crippen LogP contribution is -2.30. The van der Waals surface area contributed by atoms with Gasteiger partial charge in [-0.1, -0.05) is 18.2 Å². The second-order valence-electron chi connectivity index (χ2n) is 6.22. The van der Waals surface area contributed by atoms with Crippen LogP contribution in [0.2, 0.25) is 0 Å². The first-order valence-corrected chi connectivity index (χ1v) is 10.0. The summed E-state index contributed by atoms with van der Waals surface area (Å²) in [6.45, 7) is -0.850. The molecule has 0 aliphatic carbocycles. The predicted molar refractivity (Wildman–Crippen MR) is 100 cm³/mol. The Morgan fingerprint density at radius 1 is 1.03 bits per heavy atom. The Hall–Kier alpha value is -3.54. The van der Waals surface area contributed by atoms with Gasteiger partial charge in [-0.25, -0.2) is 17.5 Å². The first-order chi connectivity index (χ1) is 14.5. The number of hydrogen-bond donors (Lipinski definition) is 1. The van der Waals surface area contributed by atoms with Gasteiger partial charge in [-0.2, -0.15) is 18.3 Å². The molecule has 12 heteroatoms. The Morgan fingerprint density at radius 3 is 2.42 bits per heavy atom. The number of rotatable bonds is 5. The zero-order chi connectivity index (χ0) is 22.8. The van der Waals surface area contributed by atoms with Gasteiger partial charge in [0.1, 0.15) is 12.4 Å². The maximum absolute atomic E-state index is 13.4. The third-order valence-corrected chi connectivity index (χ3v) is 5.67. The number of carbonyl (C=O) groups is 1. The predicted octanol–water partition coefficient (Wildman–Crippen LogP) is 2.87. The highest BCUT2D eigenvalue weighted by Gasteiger charge is 2.33. The molecule has 1 N–H and O–H groups in total. The van der Waals surface area contributed by atoms with E-state index in [0.29, 0.717) is 4.68 Å². The van der Waals surface area contributed by atoms with Crippen molar-refractivity contribution in [2.75, 3.05) is 5.32 Å². The molecule has 0 radical (unpaired) electrons. The van der Waals surface area contributed by atoms with Crippen molar-refractivity contribution in [3.05, 3.63) is 82.4 Å². The van der Waals surface area contributed by atoms with E-state index in [0.717, 1.165) is 48.5 Å². The molecule has 1 aromatic heterocycles. The van der Waals surface area contributed by atoms with Crippen molar-refractivity contribution < 1.29 is 30.8 Å². The van der Waals surface area contributed by atoms with Gasteiger partial charge in [-0.15, -0.1) is 0 Å². The topological polar surface area (TPSA) is 98.1 Å². The van der Waals surface area contributed by atoms with Gasteiger partial charge < -0.3 is 5.32 Å². The molecule has 2 aromatic carbocycles. The third-order valence-electron chi connectivity index (χ3n) is 4.02. The Kier molecular flexibility index (Phi) is 5.93. The quantitative estimate of drug-likeness (QED) is 0.597. The smallest absolute Gasteiger partial charge is 0.324 e. The molecule has 0 saturated heterocycles. The van der Waals surface area contributed by atoms with E-state index in [1.807, 2.05) is 5.32 Å². The Balaban J connectivity index is 1.89. The number of sulfone groups is 1. The van der Waals surface area contributed by atoms with Crippen molar-refractivity contribution in [1.82, 2.24) is 9.78 Å². The van der Waals surface area contributed by atoms with Crippen molar-refractivity contribution in [3.63, 3.8) is 0 Å². The minimum Gasteiger partial charge on any atom is -0.324 e. The number of nitrogens with one attached hydrogen (secondary N) is 1. The summed E-state index contributed by atoms with van der Waals surface area (Å²) in [4.78, 5) is 23.8. The highest BCUT2D eigenvalue weighted by Crippen LogP contribution is 2.34. The van der Waals surface area contributed by atoms with Crippen molar-refractivity contribution in [3.8, 4) is 0 Å². The summed E-state index contributed by atoms with van der Waals surface area (Å²) in [7, 11) is -4.31. The number of aromatic nitrogens is 2. The van der Waals surface area contributed by atoms with Gasteiger partial charge in [0.2, 0.25) is 15.7 Å².